The Morgan fingerprint density at radius 2 is 0.400 bits per heavy atom. The highest BCUT2D eigenvalue weighted by molar-refractivity contribution is 4.51. The Labute approximate surface area is 99.3 Å². The maximum absolute atomic E-state index is 2.00. The zero-order valence-corrected chi connectivity index (χ0v) is 11.2. The largest absolute Gasteiger partial charge is 0.0683 e. The van der Waals surface area contributed by atoms with Gasteiger partial charge in [-0.15, -0.1) is 0 Å². The lowest BCUT2D eigenvalue weighted by atomic mass is 10.0. The fraction of sp³-hybridized carbons (Fsp3) is 1.00. The molecule has 0 aliphatic heterocycles. The maximum Gasteiger partial charge on any atom is 0 e. The van der Waals surface area contributed by atoms with Crippen LogP contribution in [0.25, 0.3) is 0 Å². The Morgan fingerprint density at radius 3 is 0.467 bits per heavy atom. The van der Waals surface area contributed by atoms with Crippen molar-refractivity contribution in [3.05, 3.63) is 0 Å². The second-order valence-corrected chi connectivity index (χ2v) is 4.60. The first-order valence-electron chi connectivity index (χ1n) is 7.50. The molecule has 0 saturated heterocycles. The summed E-state index contributed by atoms with van der Waals surface area (Å²) in [6.45, 7) is 4.00. The minimum Gasteiger partial charge on any atom is -0.0683 e. The van der Waals surface area contributed by atoms with Crippen LogP contribution < -0.4 is 0 Å². The molecule has 0 amide bonds. The maximum atomic E-state index is 2.00. The van der Waals surface area contributed by atoms with Crippen molar-refractivity contribution in [1.82, 2.24) is 0 Å². The normalized spacial score (nSPS) is 21.2. The van der Waals surface area contributed by atoms with Crippen LogP contribution in [0.2, 0.25) is 0 Å². The molecule has 0 bridgehead atoms. The summed E-state index contributed by atoms with van der Waals surface area (Å²) in [6.07, 6.45) is 19.5. The van der Waals surface area contributed by atoms with E-state index in [1.807, 2.05) is 13.8 Å². The highest BCUT2D eigenvalue weighted by atomic mass is 14.0. The van der Waals surface area contributed by atoms with Gasteiger partial charge in [0.15, 0.2) is 0 Å². The third-order valence-corrected chi connectivity index (χ3v) is 3.25. The molecule has 2 aliphatic carbocycles. The van der Waals surface area contributed by atoms with E-state index in [2.05, 4.69) is 0 Å². The van der Waals surface area contributed by atoms with Gasteiger partial charge in [-0.3, -0.25) is 0 Å². The molecule has 0 unspecified atom stereocenters. The summed E-state index contributed by atoms with van der Waals surface area (Å²) in [5.74, 6) is 0. The molecule has 0 atom stereocenters. The van der Waals surface area contributed by atoms with Gasteiger partial charge in [-0.05, 0) is 0 Å². The van der Waals surface area contributed by atoms with Gasteiger partial charge in [0.2, 0.25) is 0 Å². The van der Waals surface area contributed by atoms with Gasteiger partial charge in [-0.25, -0.2) is 0 Å². The second-order valence-electron chi connectivity index (χ2n) is 4.60. The van der Waals surface area contributed by atoms with E-state index in [9.17, 15) is 0 Å². The first kappa shape index (κ1) is 15.0. The predicted octanol–water partition coefficient (Wildman–Crippen LogP) is 6.34. The smallest absolute Gasteiger partial charge is 0 e. The number of hydrogen-bond acceptors (Lipinski definition) is 0. The summed E-state index contributed by atoms with van der Waals surface area (Å²) in [7, 11) is 0. The Bertz CT molecular complexity index is 66.4. The Hall–Kier alpha value is 0. The zero-order valence-electron chi connectivity index (χ0n) is 11.2. The summed E-state index contributed by atoms with van der Waals surface area (Å²) in [5, 5.41) is 0. The topological polar surface area (TPSA) is 0 Å². The van der Waals surface area contributed by atoms with Gasteiger partial charge in [-0.1, -0.05) is 97.3 Å². The second kappa shape index (κ2) is 14.0. The van der Waals surface area contributed by atoms with Crippen molar-refractivity contribution in [2.75, 3.05) is 0 Å². The molecular formula is C15H34. The fourth-order valence-corrected chi connectivity index (χ4v) is 2.30. The van der Waals surface area contributed by atoms with E-state index in [1.54, 1.807) is 0 Å². The summed E-state index contributed by atoms with van der Waals surface area (Å²) >= 11 is 0. The summed E-state index contributed by atoms with van der Waals surface area (Å²) in [4.78, 5) is 0. The van der Waals surface area contributed by atoms with Gasteiger partial charge < -0.3 is 0 Å². The average molecular weight is 214 g/mol. The van der Waals surface area contributed by atoms with Crippen LogP contribution in [0.3, 0.4) is 0 Å². The third-order valence-electron chi connectivity index (χ3n) is 3.25. The number of rotatable bonds is 0. The van der Waals surface area contributed by atoms with Crippen LogP contribution in [-0.4, -0.2) is 0 Å². The van der Waals surface area contributed by atoms with E-state index in [0.717, 1.165) is 0 Å². The highest BCUT2D eigenvalue weighted by Crippen LogP contribution is 2.15. The van der Waals surface area contributed by atoms with E-state index in [-0.39, 0.29) is 1.43 Å². The van der Waals surface area contributed by atoms with E-state index < -0.39 is 0 Å². The molecule has 0 nitrogen and oxygen atoms in total. The Morgan fingerprint density at radius 1 is 0.333 bits per heavy atom. The molecule has 2 rings (SSSR count). The monoisotopic (exact) mass is 214 g/mol. The summed E-state index contributed by atoms with van der Waals surface area (Å²) in [5.41, 5.74) is 0. The van der Waals surface area contributed by atoms with Crippen LogP contribution in [0.5, 0.6) is 0 Å². The molecule has 2 saturated carbocycles. The molecule has 2 fully saturated rings. The van der Waals surface area contributed by atoms with E-state index >= 15 is 0 Å². The third kappa shape index (κ3) is 11.9. The van der Waals surface area contributed by atoms with E-state index in [4.69, 9.17) is 0 Å². The van der Waals surface area contributed by atoms with Crippen molar-refractivity contribution in [3.8, 4) is 0 Å². The van der Waals surface area contributed by atoms with Crippen molar-refractivity contribution < 1.29 is 1.43 Å². The van der Waals surface area contributed by atoms with Gasteiger partial charge in [0.1, 0.15) is 0 Å². The fourth-order valence-electron chi connectivity index (χ4n) is 2.30. The highest BCUT2D eigenvalue weighted by Gasteiger charge is 1.96. The van der Waals surface area contributed by atoms with Gasteiger partial charge >= 0.3 is 0 Å². The molecule has 0 radical (unpaired) electrons. The molecule has 2 aliphatic rings. The minimum absolute atomic E-state index is 0. The molecule has 0 aromatic rings. The van der Waals surface area contributed by atoms with E-state index in [1.165, 1.54) is 83.5 Å². The summed E-state index contributed by atoms with van der Waals surface area (Å²) < 4.78 is 0. The zero-order chi connectivity index (χ0) is 11.2. The van der Waals surface area contributed by atoms with Crippen LogP contribution in [0.15, 0.2) is 0 Å². The molecule has 0 heteroatoms. The first-order valence-corrected chi connectivity index (χ1v) is 7.50. The standard InChI is InChI=1S/C7H14.C6H12.C2H6.H2/c1-2-4-6-7-5-3-1;1-2-4-6-5-3-1;1-2;/h1-7H2;1-6H2;1-2H3;1H. The lowest BCUT2D eigenvalue weighted by Crippen LogP contribution is -1.85. The van der Waals surface area contributed by atoms with E-state index in [0.29, 0.717) is 0 Å². The van der Waals surface area contributed by atoms with Gasteiger partial charge in [0.05, 0.1) is 0 Å². The molecule has 15 heavy (non-hydrogen) atoms. The quantitative estimate of drug-likeness (QED) is 0.412. The van der Waals surface area contributed by atoms with Crippen LogP contribution in [0.1, 0.15) is 98.7 Å². The Kier molecular flexibility index (Phi) is 14.0. The SMILES string of the molecule is C1CCCCC1.C1CCCCCC1.CC.[HH]. The summed E-state index contributed by atoms with van der Waals surface area (Å²) in [6, 6.07) is 0. The van der Waals surface area contributed by atoms with Crippen LogP contribution >= 0.6 is 0 Å². The van der Waals surface area contributed by atoms with Crippen LogP contribution in [0.4, 0.5) is 0 Å². The molecule has 0 N–H and O–H groups in total. The minimum atomic E-state index is 0. The predicted molar refractivity (Wildman–Crippen MR) is 73.5 cm³/mol. The Balaban J connectivity index is 0. The van der Waals surface area contributed by atoms with Crippen molar-refractivity contribution in [3.63, 3.8) is 0 Å². The van der Waals surface area contributed by atoms with Crippen molar-refractivity contribution >= 4 is 0 Å². The molecule has 0 heterocycles. The lowest BCUT2D eigenvalue weighted by Gasteiger charge is -2.05. The van der Waals surface area contributed by atoms with Gasteiger partial charge in [0.25, 0.3) is 0 Å². The van der Waals surface area contributed by atoms with Gasteiger partial charge in [0, 0.05) is 1.43 Å². The molecule has 0 aromatic heterocycles. The first-order chi connectivity index (χ1) is 7.50. The van der Waals surface area contributed by atoms with Crippen LogP contribution in [-0.2, 0) is 0 Å². The van der Waals surface area contributed by atoms with Crippen molar-refractivity contribution in [2.24, 2.45) is 0 Å². The molecule has 0 spiro atoms. The molecule has 0 aromatic carbocycles. The lowest BCUT2D eigenvalue weighted by molar-refractivity contribution is 0.504. The van der Waals surface area contributed by atoms with Gasteiger partial charge in [-0.2, -0.15) is 0 Å². The average Bonchev–Trinajstić information content (AvgIpc) is 2.67. The number of hydrogen-bond donors (Lipinski definition) is 0. The van der Waals surface area contributed by atoms with Crippen LogP contribution in [0, 0.1) is 0 Å². The van der Waals surface area contributed by atoms with Crippen molar-refractivity contribution in [1.29, 1.82) is 0 Å². The van der Waals surface area contributed by atoms with Crippen molar-refractivity contribution in [2.45, 2.75) is 97.3 Å². The molecule has 94 valence electrons. The molecular weight excluding hydrogens is 180 g/mol.